The highest BCUT2D eigenvalue weighted by molar-refractivity contribution is 5.95. The average molecular weight is 307 g/mol. The summed E-state index contributed by atoms with van der Waals surface area (Å²) in [6.45, 7) is 2.15. The number of rotatable bonds is 2. The summed E-state index contributed by atoms with van der Waals surface area (Å²) in [7, 11) is 1.49. The Balaban J connectivity index is 2.16. The molecule has 118 valence electrons. The van der Waals surface area contributed by atoms with E-state index in [-0.39, 0.29) is 24.3 Å². The van der Waals surface area contributed by atoms with Crippen LogP contribution >= 0.6 is 0 Å². The fourth-order valence-corrected chi connectivity index (χ4v) is 2.51. The van der Waals surface area contributed by atoms with Gasteiger partial charge in [-0.25, -0.2) is 4.39 Å². The van der Waals surface area contributed by atoms with E-state index in [9.17, 15) is 18.8 Å². The second-order valence-electron chi connectivity index (χ2n) is 5.10. The summed E-state index contributed by atoms with van der Waals surface area (Å²) in [5, 5.41) is 2.51. The molecule has 1 N–H and O–H groups in total. The summed E-state index contributed by atoms with van der Waals surface area (Å²) in [5.74, 6) is -1.22. The van der Waals surface area contributed by atoms with Crippen molar-refractivity contribution in [3.8, 4) is 0 Å². The van der Waals surface area contributed by atoms with Gasteiger partial charge in [0, 0.05) is 32.6 Å². The molecule has 1 aromatic rings. The van der Waals surface area contributed by atoms with Crippen molar-refractivity contribution >= 4 is 17.7 Å². The Kier molecular flexibility index (Phi) is 4.75. The monoisotopic (exact) mass is 307 g/mol. The van der Waals surface area contributed by atoms with Gasteiger partial charge in [0.25, 0.3) is 5.91 Å². The number of carbonyl (C=O) groups excluding carboxylic acids is 3. The first-order valence-electron chi connectivity index (χ1n) is 6.97. The molecule has 0 spiro atoms. The Bertz CT molecular complexity index is 588. The molecule has 1 heterocycles. The topological polar surface area (TPSA) is 69.7 Å². The summed E-state index contributed by atoms with van der Waals surface area (Å²) in [6.07, 6.45) is 0. The molecule has 22 heavy (non-hydrogen) atoms. The maximum Gasteiger partial charge on any atom is 0.254 e. The Labute approximate surface area is 127 Å². The lowest BCUT2D eigenvalue weighted by atomic mass is 10.1. The number of hydrogen-bond acceptors (Lipinski definition) is 3. The number of likely N-dealkylation sites (N-methyl/N-ethyl adjacent to an activating group) is 1. The maximum absolute atomic E-state index is 12.9. The molecular formula is C15H18FN3O3. The molecular weight excluding hydrogens is 289 g/mol. The van der Waals surface area contributed by atoms with Crippen molar-refractivity contribution in [2.45, 2.75) is 13.0 Å². The highest BCUT2D eigenvalue weighted by atomic mass is 19.1. The molecule has 1 fully saturated rings. The van der Waals surface area contributed by atoms with E-state index in [4.69, 9.17) is 0 Å². The van der Waals surface area contributed by atoms with Crippen LogP contribution in [0, 0.1) is 5.82 Å². The normalized spacial score (nSPS) is 18.0. The zero-order valence-corrected chi connectivity index (χ0v) is 12.5. The van der Waals surface area contributed by atoms with Crippen LogP contribution in [0.1, 0.15) is 17.3 Å². The number of nitrogens with zero attached hydrogens (tertiary/aromatic N) is 2. The van der Waals surface area contributed by atoms with Crippen LogP contribution in [0.4, 0.5) is 4.39 Å². The highest BCUT2D eigenvalue weighted by Crippen LogP contribution is 2.14. The average Bonchev–Trinajstić information content (AvgIpc) is 2.53. The molecule has 1 saturated heterocycles. The van der Waals surface area contributed by atoms with Gasteiger partial charge in [-0.05, 0) is 24.3 Å². The molecule has 0 radical (unpaired) electrons. The second kappa shape index (κ2) is 6.55. The van der Waals surface area contributed by atoms with Crippen LogP contribution in [0.3, 0.4) is 0 Å². The van der Waals surface area contributed by atoms with E-state index in [1.54, 1.807) is 0 Å². The van der Waals surface area contributed by atoms with Crippen LogP contribution in [0.5, 0.6) is 0 Å². The summed E-state index contributed by atoms with van der Waals surface area (Å²) >= 11 is 0. The lowest BCUT2D eigenvalue weighted by molar-refractivity contribution is -0.141. The van der Waals surface area contributed by atoms with Gasteiger partial charge in [0.05, 0.1) is 6.54 Å². The fourth-order valence-electron chi connectivity index (χ4n) is 2.51. The van der Waals surface area contributed by atoms with Crippen LogP contribution in [0.15, 0.2) is 24.3 Å². The van der Waals surface area contributed by atoms with Crippen molar-refractivity contribution in [2.24, 2.45) is 0 Å². The number of hydrogen-bond donors (Lipinski definition) is 1. The Morgan fingerprint density at radius 1 is 1.18 bits per heavy atom. The number of piperazine rings is 1. The minimum Gasteiger partial charge on any atom is -0.357 e. The van der Waals surface area contributed by atoms with Crippen LogP contribution in [-0.2, 0) is 9.59 Å². The predicted molar refractivity (Wildman–Crippen MR) is 77.5 cm³/mol. The summed E-state index contributed by atoms with van der Waals surface area (Å²) in [6, 6.07) is 4.54. The summed E-state index contributed by atoms with van der Waals surface area (Å²) in [5.41, 5.74) is 0.355. The third kappa shape index (κ3) is 3.24. The molecule has 0 unspecified atom stereocenters. The van der Waals surface area contributed by atoms with Crippen molar-refractivity contribution in [1.82, 2.24) is 15.1 Å². The van der Waals surface area contributed by atoms with Crippen molar-refractivity contribution < 1.29 is 18.8 Å². The molecule has 1 aromatic carbocycles. The molecule has 1 aliphatic rings. The van der Waals surface area contributed by atoms with Crippen molar-refractivity contribution in [3.05, 3.63) is 35.6 Å². The predicted octanol–water partition coefficient (Wildman–Crippen LogP) is 0.245. The second-order valence-corrected chi connectivity index (χ2v) is 5.10. The number of carbonyl (C=O) groups is 3. The molecule has 0 bridgehead atoms. The lowest BCUT2D eigenvalue weighted by Crippen LogP contribution is -2.60. The number of halogens is 1. The molecule has 0 aliphatic carbocycles. The number of benzene rings is 1. The van der Waals surface area contributed by atoms with E-state index >= 15 is 0 Å². The smallest absolute Gasteiger partial charge is 0.254 e. The first-order chi connectivity index (χ1) is 10.4. The first-order valence-corrected chi connectivity index (χ1v) is 6.97. The van der Waals surface area contributed by atoms with Crippen LogP contribution in [-0.4, -0.2) is 60.2 Å². The van der Waals surface area contributed by atoms with Crippen molar-refractivity contribution in [2.75, 3.05) is 26.7 Å². The summed E-state index contributed by atoms with van der Waals surface area (Å²) in [4.78, 5) is 38.9. The van der Waals surface area contributed by atoms with Gasteiger partial charge in [-0.15, -0.1) is 0 Å². The molecule has 6 nitrogen and oxygen atoms in total. The SMILES string of the molecule is CNC(=O)[C@H]1CN(C(=O)c2ccc(F)cc2)CCN1C(C)=O. The molecule has 0 aromatic heterocycles. The standard InChI is InChI=1S/C15H18FN3O3/c1-10(20)19-8-7-18(9-13(19)14(21)17-2)15(22)11-3-5-12(16)6-4-11/h3-6,13H,7-9H2,1-2H3,(H,17,21)/t13-/m1/s1. The third-order valence-corrected chi connectivity index (χ3v) is 3.71. The van der Waals surface area contributed by atoms with Gasteiger partial charge in [0.1, 0.15) is 11.9 Å². The van der Waals surface area contributed by atoms with E-state index in [1.165, 1.54) is 48.0 Å². The van der Waals surface area contributed by atoms with Crippen molar-refractivity contribution in [1.29, 1.82) is 0 Å². The van der Waals surface area contributed by atoms with Gasteiger partial charge in [-0.2, -0.15) is 0 Å². The van der Waals surface area contributed by atoms with Gasteiger partial charge < -0.3 is 15.1 Å². The zero-order valence-electron chi connectivity index (χ0n) is 12.5. The Hall–Kier alpha value is -2.44. The van der Waals surface area contributed by atoms with Crippen LogP contribution in [0.2, 0.25) is 0 Å². The van der Waals surface area contributed by atoms with E-state index in [1.807, 2.05) is 0 Å². The number of nitrogens with one attached hydrogen (secondary N) is 1. The van der Waals surface area contributed by atoms with Gasteiger partial charge in [0.2, 0.25) is 11.8 Å². The van der Waals surface area contributed by atoms with E-state index in [0.717, 1.165) is 0 Å². The minimum absolute atomic E-state index is 0.120. The molecule has 7 heteroatoms. The fraction of sp³-hybridized carbons (Fsp3) is 0.400. The largest absolute Gasteiger partial charge is 0.357 e. The van der Waals surface area contributed by atoms with Crippen molar-refractivity contribution in [3.63, 3.8) is 0 Å². The first kappa shape index (κ1) is 15.9. The molecule has 1 atom stereocenters. The minimum atomic E-state index is -0.708. The van der Waals surface area contributed by atoms with Crippen LogP contribution < -0.4 is 5.32 Å². The molecule has 0 saturated carbocycles. The lowest BCUT2D eigenvalue weighted by Gasteiger charge is -2.40. The van der Waals surface area contributed by atoms with E-state index < -0.39 is 11.9 Å². The zero-order chi connectivity index (χ0) is 16.3. The van der Waals surface area contributed by atoms with Gasteiger partial charge >= 0.3 is 0 Å². The quantitative estimate of drug-likeness (QED) is 0.851. The molecule has 2 rings (SSSR count). The van der Waals surface area contributed by atoms with E-state index in [2.05, 4.69) is 5.32 Å². The molecule has 1 aliphatic heterocycles. The Morgan fingerprint density at radius 3 is 2.36 bits per heavy atom. The maximum atomic E-state index is 12.9. The van der Waals surface area contributed by atoms with Gasteiger partial charge in [-0.1, -0.05) is 0 Å². The number of amides is 3. The Morgan fingerprint density at radius 2 is 1.82 bits per heavy atom. The van der Waals surface area contributed by atoms with E-state index in [0.29, 0.717) is 18.7 Å². The van der Waals surface area contributed by atoms with Crippen LogP contribution in [0.25, 0.3) is 0 Å². The highest BCUT2D eigenvalue weighted by Gasteiger charge is 2.35. The third-order valence-electron chi connectivity index (χ3n) is 3.71. The molecule has 3 amide bonds. The van der Waals surface area contributed by atoms with Gasteiger partial charge in [0.15, 0.2) is 0 Å². The van der Waals surface area contributed by atoms with Gasteiger partial charge in [-0.3, -0.25) is 14.4 Å². The summed E-state index contributed by atoms with van der Waals surface area (Å²) < 4.78 is 12.9.